The number of likely N-dealkylation sites (N-methyl/N-ethyl adjacent to an activating group) is 2. The third-order valence-corrected chi connectivity index (χ3v) is 7.39. The molecule has 0 spiro atoms. The summed E-state index contributed by atoms with van der Waals surface area (Å²) in [6.45, 7) is 15.1. The number of amides is 2. The first-order chi connectivity index (χ1) is 11.2. The Hall–Kier alpha value is -1.10. The zero-order valence-electron chi connectivity index (χ0n) is 17.6. The average Bonchev–Trinajstić information content (AvgIpc) is 2.83. The van der Waals surface area contributed by atoms with E-state index in [1.165, 1.54) is 0 Å². The molecule has 0 aliphatic heterocycles. The lowest BCUT2D eigenvalue weighted by atomic mass is 9.95. The van der Waals surface area contributed by atoms with Crippen LogP contribution in [0.3, 0.4) is 0 Å². The van der Waals surface area contributed by atoms with E-state index in [9.17, 15) is 14.7 Å². The van der Waals surface area contributed by atoms with Gasteiger partial charge in [0.25, 0.3) is 0 Å². The molecule has 1 aliphatic rings. The molecule has 1 fully saturated rings. The van der Waals surface area contributed by atoms with Crippen LogP contribution in [-0.2, 0) is 9.59 Å². The van der Waals surface area contributed by atoms with Gasteiger partial charge in [0.2, 0.25) is 11.8 Å². The van der Waals surface area contributed by atoms with Crippen LogP contribution < -0.4 is 0 Å². The lowest BCUT2D eigenvalue weighted by Gasteiger charge is -2.28. The molecule has 1 N–H and O–H groups in total. The zero-order chi connectivity index (χ0) is 19.8. The van der Waals surface area contributed by atoms with E-state index < -0.39 is 11.5 Å². The summed E-state index contributed by atoms with van der Waals surface area (Å²) in [5.74, 6) is 0.449. The van der Waals surface area contributed by atoms with Crippen molar-refractivity contribution in [3.8, 4) is 0 Å². The first-order valence-corrected chi connectivity index (χ1v) is 9.41. The molecule has 146 valence electrons. The number of aliphatic hydroxyl groups is 1. The summed E-state index contributed by atoms with van der Waals surface area (Å²) < 4.78 is 0. The van der Waals surface area contributed by atoms with Crippen molar-refractivity contribution in [3.63, 3.8) is 0 Å². The van der Waals surface area contributed by atoms with E-state index in [0.717, 1.165) is 6.42 Å². The molecule has 0 bridgehead atoms. The largest absolute Gasteiger partial charge is 0.389 e. The molecule has 0 heterocycles. The second kappa shape index (κ2) is 7.26. The Morgan fingerprint density at radius 2 is 1.40 bits per heavy atom. The first kappa shape index (κ1) is 21.9. The van der Waals surface area contributed by atoms with Gasteiger partial charge in [-0.05, 0) is 23.7 Å². The summed E-state index contributed by atoms with van der Waals surface area (Å²) in [6.07, 6.45) is 0.715. The molecule has 5 heteroatoms. The molecule has 2 atom stereocenters. The molecule has 2 unspecified atom stereocenters. The minimum absolute atomic E-state index is 0.0406. The molecule has 0 aromatic rings. The van der Waals surface area contributed by atoms with Crippen LogP contribution in [0.5, 0.6) is 0 Å². The molecule has 5 nitrogen and oxygen atoms in total. The van der Waals surface area contributed by atoms with E-state index in [-0.39, 0.29) is 35.7 Å². The number of hydrogen-bond acceptors (Lipinski definition) is 3. The second-order valence-electron chi connectivity index (χ2n) is 9.21. The molecule has 2 amide bonds. The topological polar surface area (TPSA) is 60.9 Å². The molecule has 0 aromatic carbocycles. The molecule has 0 radical (unpaired) electrons. The van der Waals surface area contributed by atoms with Crippen LogP contribution >= 0.6 is 0 Å². The summed E-state index contributed by atoms with van der Waals surface area (Å²) in [7, 11) is 3.45. The predicted octanol–water partition coefficient (Wildman–Crippen LogP) is 2.77. The van der Waals surface area contributed by atoms with Gasteiger partial charge in [-0.25, -0.2) is 0 Å². The maximum atomic E-state index is 12.9. The van der Waals surface area contributed by atoms with Crippen molar-refractivity contribution in [2.24, 2.45) is 22.2 Å². The number of rotatable bonds is 8. The summed E-state index contributed by atoms with van der Waals surface area (Å²) in [5, 5.41) is 10.3. The van der Waals surface area contributed by atoms with E-state index in [1.807, 2.05) is 6.92 Å². The van der Waals surface area contributed by atoms with Crippen molar-refractivity contribution >= 4 is 11.8 Å². The maximum Gasteiger partial charge on any atom is 0.229 e. The Morgan fingerprint density at radius 3 is 1.80 bits per heavy atom. The highest BCUT2D eigenvalue weighted by Crippen LogP contribution is 2.78. The Bertz CT molecular complexity index is 499. The van der Waals surface area contributed by atoms with Gasteiger partial charge in [-0.15, -0.1) is 0 Å². The fourth-order valence-electron chi connectivity index (χ4n) is 3.98. The number of carbonyl (C=O) groups excluding carboxylic acids is 2. The van der Waals surface area contributed by atoms with Gasteiger partial charge >= 0.3 is 0 Å². The fraction of sp³-hybridized carbons (Fsp3) is 0.900. The van der Waals surface area contributed by atoms with E-state index in [2.05, 4.69) is 41.5 Å². The highest BCUT2D eigenvalue weighted by atomic mass is 16.3. The van der Waals surface area contributed by atoms with Crippen molar-refractivity contribution < 1.29 is 14.7 Å². The number of aliphatic hydroxyl groups excluding tert-OH is 1. The summed E-state index contributed by atoms with van der Waals surface area (Å²) >= 11 is 0. The van der Waals surface area contributed by atoms with Crippen LogP contribution in [0.25, 0.3) is 0 Å². The number of hydrogen-bond donors (Lipinski definition) is 1. The van der Waals surface area contributed by atoms with Gasteiger partial charge in [-0.2, -0.15) is 0 Å². The molecule has 0 aromatic heterocycles. The van der Waals surface area contributed by atoms with Crippen LogP contribution in [0.1, 0.15) is 61.3 Å². The van der Waals surface area contributed by atoms with Gasteiger partial charge in [-0.1, -0.05) is 48.0 Å². The summed E-state index contributed by atoms with van der Waals surface area (Å²) in [6, 6.07) is 0. The van der Waals surface area contributed by atoms with Crippen molar-refractivity contribution in [1.29, 1.82) is 0 Å². The molecule has 1 saturated carbocycles. The Balaban J connectivity index is 2.59. The number of nitrogens with zero attached hydrogens (tertiary/aromatic N) is 2. The van der Waals surface area contributed by atoms with Gasteiger partial charge in [0.05, 0.1) is 11.5 Å². The quantitative estimate of drug-likeness (QED) is 0.729. The Kier molecular flexibility index (Phi) is 6.37. The standard InChI is InChI=1S/C20H38N2O3/c1-10-14(2)11-16(24)21(8)12-15(23)13-22(9)17(25)20(7)18(3,4)19(20,5)6/h14-15,23H,10-13H2,1-9H3. The average molecular weight is 355 g/mol. The third-order valence-electron chi connectivity index (χ3n) is 7.39. The smallest absolute Gasteiger partial charge is 0.229 e. The lowest BCUT2D eigenvalue weighted by Crippen LogP contribution is -2.44. The normalized spacial score (nSPS) is 22.0. The van der Waals surface area contributed by atoms with Gasteiger partial charge < -0.3 is 14.9 Å². The Labute approximate surface area is 153 Å². The number of carbonyl (C=O) groups is 2. The lowest BCUT2D eigenvalue weighted by molar-refractivity contribution is -0.139. The molecular formula is C20H38N2O3. The molecule has 1 rings (SSSR count). The Morgan fingerprint density at radius 1 is 0.960 bits per heavy atom. The minimum Gasteiger partial charge on any atom is -0.389 e. The molecular weight excluding hydrogens is 316 g/mol. The summed E-state index contributed by atoms with van der Waals surface area (Å²) in [4.78, 5) is 28.3. The highest BCUT2D eigenvalue weighted by Gasteiger charge is 2.78. The van der Waals surface area contributed by atoms with Crippen molar-refractivity contribution in [3.05, 3.63) is 0 Å². The van der Waals surface area contributed by atoms with Crippen molar-refractivity contribution in [1.82, 2.24) is 9.80 Å². The van der Waals surface area contributed by atoms with E-state index >= 15 is 0 Å². The van der Waals surface area contributed by atoms with Gasteiger partial charge in [0.15, 0.2) is 0 Å². The van der Waals surface area contributed by atoms with Gasteiger partial charge in [0.1, 0.15) is 0 Å². The zero-order valence-corrected chi connectivity index (χ0v) is 17.6. The maximum absolute atomic E-state index is 12.9. The molecule has 1 aliphatic carbocycles. The molecule has 25 heavy (non-hydrogen) atoms. The second-order valence-corrected chi connectivity index (χ2v) is 9.21. The van der Waals surface area contributed by atoms with Crippen LogP contribution in [0.4, 0.5) is 0 Å². The SMILES string of the molecule is CCC(C)CC(=O)N(C)CC(O)CN(C)C(=O)C1(C)C(C)(C)C1(C)C. The van der Waals surface area contributed by atoms with Gasteiger partial charge in [0, 0.05) is 33.6 Å². The van der Waals surface area contributed by atoms with E-state index in [0.29, 0.717) is 12.3 Å². The fourth-order valence-corrected chi connectivity index (χ4v) is 3.98. The minimum atomic E-state index is -0.742. The van der Waals surface area contributed by atoms with Crippen LogP contribution in [0.15, 0.2) is 0 Å². The summed E-state index contributed by atoms with van der Waals surface area (Å²) in [5.41, 5.74) is -0.564. The van der Waals surface area contributed by atoms with Crippen molar-refractivity contribution in [2.45, 2.75) is 67.4 Å². The van der Waals surface area contributed by atoms with Crippen molar-refractivity contribution in [2.75, 3.05) is 27.2 Å². The predicted molar refractivity (Wildman–Crippen MR) is 101 cm³/mol. The highest BCUT2D eigenvalue weighted by molar-refractivity contribution is 5.88. The van der Waals surface area contributed by atoms with Crippen LogP contribution in [-0.4, -0.2) is 60.0 Å². The van der Waals surface area contributed by atoms with E-state index in [1.54, 1.807) is 23.9 Å². The van der Waals surface area contributed by atoms with Gasteiger partial charge in [-0.3, -0.25) is 9.59 Å². The van der Waals surface area contributed by atoms with E-state index in [4.69, 9.17) is 0 Å². The third kappa shape index (κ3) is 3.71. The van der Waals surface area contributed by atoms with Crippen LogP contribution in [0.2, 0.25) is 0 Å². The molecule has 0 saturated heterocycles. The van der Waals surface area contributed by atoms with Crippen LogP contribution in [0, 0.1) is 22.2 Å². The monoisotopic (exact) mass is 354 g/mol. The first-order valence-electron chi connectivity index (χ1n) is 9.41.